The number of ketones is 1. The maximum atomic E-state index is 12.8. The van der Waals surface area contributed by atoms with Gasteiger partial charge in [-0.2, -0.15) is 0 Å². The predicted octanol–water partition coefficient (Wildman–Crippen LogP) is 1.71. The molecule has 0 aliphatic rings. The van der Waals surface area contributed by atoms with Crippen molar-refractivity contribution in [1.82, 2.24) is 0 Å². The third-order valence-electron chi connectivity index (χ3n) is 2.93. The molecule has 0 saturated heterocycles. The van der Waals surface area contributed by atoms with E-state index in [9.17, 15) is 24.1 Å². The Morgan fingerprint density at radius 3 is 2.28 bits per heavy atom. The topological polar surface area (TPSA) is 128 Å². The molecule has 2 N–H and O–H groups in total. The molecule has 0 heterocycles. The van der Waals surface area contributed by atoms with Gasteiger partial charge in [-0.15, -0.1) is 0 Å². The molecule has 0 fully saturated rings. The number of phenols is 1. The summed E-state index contributed by atoms with van der Waals surface area (Å²) in [5.41, 5.74) is -1.93. The largest absolute Gasteiger partial charge is 0.508 e. The molecule has 0 aliphatic heterocycles. The first kappa shape index (κ1) is 20.8. The number of carbonyl (C=O) groups is 3. The van der Waals surface area contributed by atoms with E-state index < -0.39 is 30.9 Å². The summed E-state index contributed by atoms with van der Waals surface area (Å²) in [6, 6.07) is 5.43. The van der Waals surface area contributed by atoms with Crippen LogP contribution in [0.15, 0.2) is 24.3 Å². The second kappa shape index (κ2) is 9.31. The molecule has 0 spiro atoms. The van der Waals surface area contributed by atoms with E-state index in [1.807, 2.05) is 0 Å². The molecular weight excluding hydrogens is 353 g/mol. The molecule has 9 nitrogen and oxygen atoms in total. The van der Waals surface area contributed by atoms with E-state index >= 15 is 0 Å². The molecule has 138 valence electrons. The van der Waals surface area contributed by atoms with Crippen LogP contribution in [0.5, 0.6) is 5.75 Å². The Morgan fingerprint density at radius 2 is 1.80 bits per heavy atom. The lowest BCUT2D eigenvalue weighted by atomic mass is 10.2. The summed E-state index contributed by atoms with van der Waals surface area (Å²) in [5.74, 6) is -3.90. The number of ether oxygens (including phenoxy) is 1. The molecule has 0 aromatic heterocycles. The van der Waals surface area contributed by atoms with Gasteiger partial charge in [-0.25, -0.2) is 0 Å². The highest BCUT2D eigenvalue weighted by molar-refractivity contribution is 7.57. The minimum absolute atomic E-state index is 0.105. The Hall–Kier alpha value is -2.22. The Bertz CT molecular complexity index is 680. The Morgan fingerprint density at radius 1 is 1.20 bits per heavy atom. The van der Waals surface area contributed by atoms with Gasteiger partial charge in [-0.1, -0.05) is 6.07 Å². The third kappa shape index (κ3) is 5.38. The number of aromatic hydroxyl groups is 1. The van der Waals surface area contributed by atoms with Crippen molar-refractivity contribution in [3.8, 4) is 5.75 Å². The maximum Gasteiger partial charge on any atom is 0.353 e. The van der Waals surface area contributed by atoms with E-state index in [0.717, 1.165) is 7.11 Å². The van der Waals surface area contributed by atoms with Crippen LogP contribution in [0.4, 0.5) is 5.69 Å². The smallest absolute Gasteiger partial charge is 0.353 e. The molecule has 10 heteroatoms. The highest BCUT2D eigenvalue weighted by atomic mass is 31.2. The SMILES string of the molecule is CCOP(=O)(OCC)C(C(=O)OC)C(=O)C(=O)Nc1cccc(O)c1. The van der Waals surface area contributed by atoms with E-state index in [0.29, 0.717) is 0 Å². The fourth-order valence-corrected chi connectivity index (χ4v) is 3.80. The van der Waals surface area contributed by atoms with Crippen molar-refractivity contribution < 1.29 is 37.8 Å². The van der Waals surface area contributed by atoms with Crippen LogP contribution in [0.3, 0.4) is 0 Å². The summed E-state index contributed by atoms with van der Waals surface area (Å²) in [4.78, 5) is 36.5. The van der Waals surface area contributed by atoms with Crippen LogP contribution in [-0.2, 0) is 32.7 Å². The van der Waals surface area contributed by atoms with Gasteiger partial charge >= 0.3 is 13.6 Å². The zero-order chi connectivity index (χ0) is 19.0. The molecule has 0 saturated carbocycles. The summed E-state index contributed by atoms with van der Waals surface area (Å²) in [7, 11) is -3.28. The van der Waals surface area contributed by atoms with Gasteiger partial charge in [-0.05, 0) is 26.0 Å². The number of esters is 1. The molecule has 1 rings (SSSR count). The van der Waals surface area contributed by atoms with Crippen LogP contribution in [0, 0.1) is 0 Å². The number of phenolic OH excluding ortho intramolecular Hbond substituents is 1. The van der Waals surface area contributed by atoms with Gasteiger partial charge in [0.05, 0.1) is 20.3 Å². The Balaban J connectivity index is 3.13. The van der Waals surface area contributed by atoms with Crippen LogP contribution >= 0.6 is 7.60 Å². The second-order valence-corrected chi connectivity index (χ2v) is 6.78. The van der Waals surface area contributed by atoms with Crippen LogP contribution in [0.25, 0.3) is 0 Å². The quantitative estimate of drug-likeness (QED) is 0.290. The molecular formula is C15H20NO8P. The highest BCUT2D eigenvalue weighted by Crippen LogP contribution is 2.53. The van der Waals surface area contributed by atoms with Crippen molar-refractivity contribution >= 4 is 30.9 Å². The summed E-state index contributed by atoms with van der Waals surface area (Å²) >= 11 is 0. The van der Waals surface area contributed by atoms with Crippen molar-refractivity contribution in [3.63, 3.8) is 0 Å². The van der Waals surface area contributed by atoms with Crippen molar-refractivity contribution in [3.05, 3.63) is 24.3 Å². The molecule has 1 aromatic carbocycles. The number of methoxy groups -OCH3 is 1. The van der Waals surface area contributed by atoms with Crippen molar-refractivity contribution in [2.75, 3.05) is 25.6 Å². The van der Waals surface area contributed by atoms with E-state index in [1.54, 1.807) is 0 Å². The van der Waals surface area contributed by atoms with Gasteiger partial charge in [-0.3, -0.25) is 18.9 Å². The fourth-order valence-electron chi connectivity index (χ4n) is 1.94. The lowest BCUT2D eigenvalue weighted by Gasteiger charge is -2.23. The lowest BCUT2D eigenvalue weighted by Crippen LogP contribution is -2.40. The van der Waals surface area contributed by atoms with Crippen LogP contribution in [-0.4, -0.2) is 48.7 Å². The van der Waals surface area contributed by atoms with Crippen LogP contribution in [0.2, 0.25) is 0 Å². The summed E-state index contributed by atoms with van der Waals surface area (Å²) in [6.07, 6.45) is 0. The van der Waals surface area contributed by atoms with Gasteiger partial charge in [0.15, 0.2) is 0 Å². The molecule has 0 radical (unpaired) electrons. The van der Waals surface area contributed by atoms with E-state index in [1.165, 1.54) is 38.1 Å². The number of anilines is 1. The van der Waals surface area contributed by atoms with E-state index in [-0.39, 0.29) is 24.7 Å². The summed E-state index contributed by atoms with van der Waals surface area (Å²) in [6.45, 7) is 2.78. The molecule has 1 amide bonds. The van der Waals surface area contributed by atoms with Gasteiger partial charge in [0.2, 0.25) is 11.4 Å². The monoisotopic (exact) mass is 373 g/mol. The summed E-state index contributed by atoms with van der Waals surface area (Å²) in [5, 5.41) is 11.6. The lowest BCUT2D eigenvalue weighted by molar-refractivity contribution is -0.146. The zero-order valence-corrected chi connectivity index (χ0v) is 14.9. The van der Waals surface area contributed by atoms with Crippen molar-refractivity contribution in [2.45, 2.75) is 19.5 Å². The average molecular weight is 373 g/mol. The van der Waals surface area contributed by atoms with Gasteiger partial charge in [0.1, 0.15) is 5.75 Å². The first-order valence-electron chi connectivity index (χ1n) is 7.39. The molecule has 1 aromatic rings. The number of hydrogen-bond donors (Lipinski definition) is 2. The predicted molar refractivity (Wildman–Crippen MR) is 88.4 cm³/mol. The van der Waals surface area contributed by atoms with Gasteiger partial charge < -0.3 is 24.2 Å². The minimum Gasteiger partial charge on any atom is -0.508 e. The van der Waals surface area contributed by atoms with Crippen LogP contribution in [0.1, 0.15) is 13.8 Å². The number of amides is 1. The third-order valence-corrected chi connectivity index (χ3v) is 5.25. The van der Waals surface area contributed by atoms with E-state index in [2.05, 4.69) is 10.1 Å². The Labute approximate surface area is 144 Å². The number of hydrogen-bond acceptors (Lipinski definition) is 8. The molecule has 25 heavy (non-hydrogen) atoms. The first-order valence-corrected chi connectivity index (χ1v) is 9.01. The number of benzene rings is 1. The summed E-state index contributed by atoms with van der Waals surface area (Å²) < 4.78 is 27.2. The maximum absolute atomic E-state index is 12.8. The molecule has 1 atom stereocenters. The van der Waals surface area contributed by atoms with Crippen molar-refractivity contribution in [1.29, 1.82) is 0 Å². The molecule has 0 aliphatic carbocycles. The second-order valence-electron chi connectivity index (χ2n) is 4.67. The average Bonchev–Trinajstić information content (AvgIpc) is 2.55. The number of nitrogens with one attached hydrogen (secondary N) is 1. The zero-order valence-electron chi connectivity index (χ0n) is 14.1. The van der Waals surface area contributed by atoms with Crippen molar-refractivity contribution in [2.24, 2.45) is 0 Å². The van der Waals surface area contributed by atoms with Gasteiger partial charge in [0.25, 0.3) is 5.91 Å². The molecule has 0 bridgehead atoms. The number of rotatable bonds is 9. The molecule has 1 unspecified atom stereocenters. The van der Waals surface area contributed by atoms with Crippen LogP contribution < -0.4 is 5.32 Å². The number of Topliss-reactive ketones (excluding diaryl/α,β-unsaturated/α-hetero) is 1. The van der Waals surface area contributed by atoms with Gasteiger partial charge in [0, 0.05) is 11.8 Å². The number of carbonyl (C=O) groups excluding carboxylic acids is 3. The van der Waals surface area contributed by atoms with E-state index in [4.69, 9.17) is 9.05 Å². The Kier molecular flexibility index (Phi) is 7.76. The standard InChI is InChI=1S/C15H20NO8P/c1-4-23-25(21,24-5-2)13(15(20)22-3)12(18)14(19)16-10-7-6-8-11(17)9-10/h6-9,13,17H,4-5H2,1-3H3,(H,16,19). The normalized spacial score (nSPS) is 12.3. The highest BCUT2D eigenvalue weighted by Gasteiger charge is 2.49. The fraction of sp³-hybridized carbons (Fsp3) is 0.400. The minimum atomic E-state index is -4.26. The first-order chi connectivity index (χ1) is 11.8.